The number of hydrogen-bond acceptors (Lipinski definition) is 2. The van der Waals surface area contributed by atoms with Crippen LogP contribution in [0.25, 0.3) is 0 Å². The van der Waals surface area contributed by atoms with E-state index in [1.54, 1.807) is 0 Å². The summed E-state index contributed by atoms with van der Waals surface area (Å²) in [5.74, 6) is 0.653. The summed E-state index contributed by atoms with van der Waals surface area (Å²) < 4.78 is 0. The van der Waals surface area contributed by atoms with Crippen LogP contribution in [0.4, 0.5) is 0 Å². The Labute approximate surface area is 97.5 Å². The van der Waals surface area contributed by atoms with E-state index in [-0.39, 0.29) is 5.11 Å². The van der Waals surface area contributed by atoms with Crippen molar-refractivity contribution in [1.29, 1.82) is 0 Å². The first-order valence-electron chi connectivity index (χ1n) is 5.86. The van der Waals surface area contributed by atoms with E-state index in [1.165, 1.54) is 44.2 Å². The number of nitrogens with two attached hydrogens (primary N) is 1. The molecule has 0 aromatic rings. The van der Waals surface area contributed by atoms with Gasteiger partial charge in [0.05, 0.1) is 0 Å². The first kappa shape index (κ1) is 12.4. The fourth-order valence-corrected chi connectivity index (χ4v) is 2.15. The van der Waals surface area contributed by atoms with E-state index >= 15 is 0 Å². The SMILES string of the molecule is CCCCC1CCCCC1=NNC(N)=S. The zero-order chi connectivity index (χ0) is 11.1. The second kappa shape index (κ2) is 6.77. The van der Waals surface area contributed by atoms with Gasteiger partial charge in [-0.1, -0.05) is 26.2 Å². The van der Waals surface area contributed by atoms with Gasteiger partial charge in [0.1, 0.15) is 0 Å². The second-order valence-electron chi connectivity index (χ2n) is 4.16. The Bertz CT molecular complexity index is 238. The van der Waals surface area contributed by atoms with Crippen LogP contribution in [0.5, 0.6) is 0 Å². The van der Waals surface area contributed by atoms with Crippen molar-refractivity contribution in [3.05, 3.63) is 0 Å². The summed E-state index contributed by atoms with van der Waals surface area (Å²) in [6.45, 7) is 2.23. The molecule has 0 heterocycles. The van der Waals surface area contributed by atoms with Gasteiger partial charge in [0, 0.05) is 5.71 Å². The summed E-state index contributed by atoms with van der Waals surface area (Å²) in [7, 11) is 0. The molecular weight excluding hydrogens is 206 g/mol. The van der Waals surface area contributed by atoms with Gasteiger partial charge in [0.15, 0.2) is 5.11 Å². The second-order valence-corrected chi connectivity index (χ2v) is 4.60. The number of thiocarbonyl (C=S) groups is 1. The highest BCUT2D eigenvalue weighted by Gasteiger charge is 2.19. The molecule has 3 N–H and O–H groups in total. The summed E-state index contributed by atoms with van der Waals surface area (Å²) in [5.41, 5.74) is 9.35. The Morgan fingerprint density at radius 1 is 1.60 bits per heavy atom. The molecular formula is C11H21N3S. The van der Waals surface area contributed by atoms with Gasteiger partial charge < -0.3 is 5.73 Å². The quantitative estimate of drug-likeness (QED) is 0.573. The lowest BCUT2D eigenvalue weighted by Gasteiger charge is -2.23. The summed E-state index contributed by atoms with van der Waals surface area (Å²) in [5, 5.41) is 4.58. The molecule has 0 saturated heterocycles. The van der Waals surface area contributed by atoms with Gasteiger partial charge in [-0.15, -0.1) is 0 Å². The van der Waals surface area contributed by atoms with Crippen molar-refractivity contribution < 1.29 is 0 Å². The van der Waals surface area contributed by atoms with Crippen LogP contribution in [0, 0.1) is 5.92 Å². The van der Waals surface area contributed by atoms with E-state index in [1.807, 2.05) is 0 Å². The number of hydrazone groups is 1. The minimum atomic E-state index is 0.266. The smallest absolute Gasteiger partial charge is 0.184 e. The van der Waals surface area contributed by atoms with Crippen LogP contribution in [0.3, 0.4) is 0 Å². The average molecular weight is 227 g/mol. The van der Waals surface area contributed by atoms with Gasteiger partial charge in [-0.3, -0.25) is 5.43 Å². The fourth-order valence-electron chi connectivity index (χ4n) is 2.10. The molecule has 0 aliphatic heterocycles. The number of nitrogens with zero attached hydrogens (tertiary/aromatic N) is 1. The average Bonchev–Trinajstić information content (AvgIpc) is 2.24. The number of unbranched alkanes of at least 4 members (excludes halogenated alkanes) is 1. The molecule has 1 fully saturated rings. The van der Waals surface area contributed by atoms with Crippen molar-refractivity contribution in [1.82, 2.24) is 5.43 Å². The number of nitrogens with one attached hydrogen (secondary N) is 1. The van der Waals surface area contributed by atoms with E-state index < -0.39 is 0 Å². The zero-order valence-electron chi connectivity index (χ0n) is 9.46. The molecule has 0 aromatic carbocycles. The van der Waals surface area contributed by atoms with Gasteiger partial charge in [0.25, 0.3) is 0 Å². The van der Waals surface area contributed by atoms with Crippen LogP contribution >= 0.6 is 12.2 Å². The number of hydrogen-bond donors (Lipinski definition) is 2. The van der Waals surface area contributed by atoms with Gasteiger partial charge in [-0.2, -0.15) is 5.10 Å². The van der Waals surface area contributed by atoms with Crippen LogP contribution in [0.1, 0.15) is 51.9 Å². The van der Waals surface area contributed by atoms with Crippen LogP contribution in [0.2, 0.25) is 0 Å². The van der Waals surface area contributed by atoms with Gasteiger partial charge in [0.2, 0.25) is 0 Å². The van der Waals surface area contributed by atoms with Crippen molar-refractivity contribution in [2.75, 3.05) is 0 Å². The molecule has 0 bridgehead atoms. The molecule has 1 aliphatic carbocycles. The minimum absolute atomic E-state index is 0.266. The summed E-state index contributed by atoms with van der Waals surface area (Å²) in [4.78, 5) is 0. The molecule has 1 aliphatic rings. The van der Waals surface area contributed by atoms with E-state index in [9.17, 15) is 0 Å². The summed E-state index contributed by atoms with van der Waals surface area (Å²) in [6, 6.07) is 0. The van der Waals surface area contributed by atoms with Gasteiger partial charge >= 0.3 is 0 Å². The predicted molar refractivity (Wildman–Crippen MR) is 68.8 cm³/mol. The van der Waals surface area contributed by atoms with Crippen molar-refractivity contribution in [3.8, 4) is 0 Å². The monoisotopic (exact) mass is 227 g/mol. The first-order chi connectivity index (χ1) is 7.24. The highest BCUT2D eigenvalue weighted by Crippen LogP contribution is 2.25. The van der Waals surface area contributed by atoms with E-state index in [2.05, 4.69) is 17.5 Å². The molecule has 0 radical (unpaired) electrons. The lowest BCUT2D eigenvalue weighted by Crippen LogP contribution is -2.28. The maximum atomic E-state index is 5.37. The Balaban J connectivity index is 2.48. The molecule has 0 amide bonds. The molecule has 15 heavy (non-hydrogen) atoms. The summed E-state index contributed by atoms with van der Waals surface area (Å²) in [6.07, 6.45) is 8.76. The molecule has 0 spiro atoms. The molecule has 1 saturated carbocycles. The topological polar surface area (TPSA) is 50.4 Å². The number of rotatable bonds is 4. The Hall–Kier alpha value is -0.640. The molecule has 0 aromatic heterocycles. The minimum Gasteiger partial charge on any atom is -0.375 e. The van der Waals surface area contributed by atoms with Gasteiger partial charge in [-0.25, -0.2) is 0 Å². The third kappa shape index (κ3) is 4.60. The zero-order valence-corrected chi connectivity index (χ0v) is 10.3. The van der Waals surface area contributed by atoms with Crippen molar-refractivity contribution >= 4 is 23.0 Å². The normalized spacial score (nSPS) is 24.1. The fraction of sp³-hybridized carbons (Fsp3) is 0.818. The van der Waals surface area contributed by atoms with Crippen molar-refractivity contribution in [2.45, 2.75) is 51.9 Å². The Morgan fingerprint density at radius 2 is 2.40 bits per heavy atom. The molecule has 1 atom stereocenters. The lowest BCUT2D eigenvalue weighted by molar-refractivity contribution is 0.478. The maximum absolute atomic E-state index is 5.37. The van der Waals surface area contributed by atoms with Crippen LogP contribution in [0.15, 0.2) is 5.10 Å². The maximum Gasteiger partial charge on any atom is 0.184 e. The standard InChI is InChI=1S/C11H21N3S/c1-2-3-6-9-7-4-5-8-10(9)13-14-11(12)15/h9H,2-8H2,1H3,(H3,12,14,15). The third-order valence-corrected chi connectivity index (χ3v) is 3.01. The molecule has 1 rings (SSSR count). The van der Waals surface area contributed by atoms with Crippen LogP contribution in [-0.2, 0) is 0 Å². The largest absolute Gasteiger partial charge is 0.375 e. The van der Waals surface area contributed by atoms with Gasteiger partial charge in [-0.05, 0) is 43.8 Å². The van der Waals surface area contributed by atoms with E-state index in [4.69, 9.17) is 18.0 Å². The Morgan fingerprint density at radius 3 is 3.07 bits per heavy atom. The predicted octanol–water partition coefficient (Wildman–Crippen LogP) is 2.56. The molecule has 4 heteroatoms. The summed E-state index contributed by atoms with van der Waals surface area (Å²) >= 11 is 4.75. The Kier molecular flexibility index (Phi) is 5.61. The van der Waals surface area contributed by atoms with E-state index in [0.717, 1.165) is 6.42 Å². The van der Waals surface area contributed by atoms with Crippen LogP contribution in [-0.4, -0.2) is 10.8 Å². The third-order valence-electron chi connectivity index (χ3n) is 2.92. The van der Waals surface area contributed by atoms with Crippen molar-refractivity contribution in [2.24, 2.45) is 16.8 Å². The first-order valence-corrected chi connectivity index (χ1v) is 6.26. The van der Waals surface area contributed by atoms with Crippen LogP contribution < -0.4 is 11.2 Å². The molecule has 3 nitrogen and oxygen atoms in total. The molecule has 86 valence electrons. The highest BCUT2D eigenvalue weighted by molar-refractivity contribution is 7.80. The highest BCUT2D eigenvalue weighted by atomic mass is 32.1. The lowest BCUT2D eigenvalue weighted by atomic mass is 9.84. The van der Waals surface area contributed by atoms with E-state index in [0.29, 0.717) is 5.92 Å². The molecule has 1 unspecified atom stereocenters. The van der Waals surface area contributed by atoms with Crippen molar-refractivity contribution in [3.63, 3.8) is 0 Å².